The number of guanidine groups is 1. The van der Waals surface area contributed by atoms with Crippen LogP contribution in [0.2, 0.25) is 0 Å². The molecule has 1 aromatic rings. The van der Waals surface area contributed by atoms with E-state index in [2.05, 4.69) is 27.5 Å². The fourth-order valence-corrected chi connectivity index (χ4v) is 1.89. The molecule has 0 spiro atoms. The van der Waals surface area contributed by atoms with Gasteiger partial charge >= 0.3 is 0 Å². The number of hydrogen-bond acceptors (Lipinski definition) is 4. The summed E-state index contributed by atoms with van der Waals surface area (Å²) in [4.78, 5) is 8.85. The van der Waals surface area contributed by atoms with E-state index in [0.29, 0.717) is 25.6 Å². The average Bonchev–Trinajstić information content (AvgIpc) is 3.36. The van der Waals surface area contributed by atoms with Gasteiger partial charge in [0, 0.05) is 32.5 Å². The van der Waals surface area contributed by atoms with Crippen LogP contribution < -0.4 is 15.4 Å². The van der Waals surface area contributed by atoms with Crippen LogP contribution in [-0.4, -0.2) is 44.4 Å². The molecule has 1 aliphatic rings. The molecule has 0 radical (unpaired) electrons. The number of methoxy groups -OCH3 is 1. The van der Waals surface area contributed by atoms with Crippen molar-refractivity contribution in [1.29, 1.82) is 0 Å². The Morgan fingerprint density at radius 2 is 2.18 bits per heavy atom. The number of aliphatic imine (C=N–C) groups is 1. The summed E-state index contributed by atoms with van der Waals surface area (Å²) < 4.78 is 10.4. The van der Waals surface area contributed by atoms with Crippen LogP contribution in [0, 0.1) is 5.92 Å². The molecule has 1 aromatic heterocycles. The number of pyridine rings is 1. The van der Waals surface area contributed by atoms with E-state index >= 15 is 0 Å². The first kappa shape index (κ1) is 16.5. The first-order valence-electron chi connectivity index (χ1n) is 7.90. The molecule has 2 rings (SSSR count). The molecule has 0 aliphatic heterocycles. The molecule has 6 heteroatoms. The lowest BCUT2D eigenvalue weighted by atomic mass is 10.3. The van der Waals surface area contributed by atoms with E-state index in [4.69, 9.17) is 9.47 Å². The molecule has 1 aliphatic carbocycles. The fourth-order valence-electron chi connectivity index (χ4n) is 1.89. The largest absolute Gasteiger partial charge is 0.475 e. The van der Waals surface area contributed by atoms with Gasteiger partial charge in [-0.05, 0) is 31.2 Å². The smallest absolute Gasteiger partial charge is 0.213 e. The standard InChI is InChI=1S/C16H26N4O2/c1-3-17-16(19-10-13-4-5-13)20-12-14-6-7-15(18-11-14)22-9-8-21-2/h6-7,11,13H,3-5,8-10,12H2,1-2H3,(H2,17,19,20). The third-order valence-electron chi connectivity index (χ3n) is 3.35. The second-order valence-electron chi connectivity index (χ2n) is 5.37. The van der Waals surface area contributed by atoms with Crippen LogP contribution >= 0.6 is 0 Å². The molecule has 1 heterocycles. The van der Waals surface area contributed by atoms with E-state index in [1.165, 1.54) is 12.8 Å². The summed E-state index contributed by atoms with van der Waals surface area (Å²) >= 11 is 0. The van der Waals surface area contributed by atoms with Crippen molar-refractivity contribution < 1.29 is 9.47 Å². The van der Waals surface area contributed by atoms with E-state index in [9.17, 15) is 0 Å². The van der Waals surface area contributed by atoms with Crippen molar-refractivity contribution in [1.82, 2.24) is 15.6 Å². The molecule has 122 valence electrons. The molecule has 1 fully saturated rings. The Bertz CT molecular complexity index is 458. The first-order valence-corrected chi connectivity index (χ1v) is 7.90. The molecule has 0 saturated heterocycles. The highest BCUT2D eigenvalue weighted by Gasteiger charge is 2.20. The van der Waals surface area contributed by atoms with Crippen LogP contribution in [0.3, 0.4) is 0 Å². The van der Waals surface area contributed by atoms with Gasteiger partial charge in [0.25, 0.3) is 0 Å². The van der Waals surface area contributed by atoms with Gasteiger partial charge in [-0.3, -0.25) is 0 Å². The monoisotopic (exact) mass is 306 g/mol. The Kier molecular flexibility index (Phi) is 6.96. The Hall–Kier alpha value is -1.82. The molecule has 0 bridgehead atoms. The van der Waals surface area contributed by atoms with Gasteiger partial charge in [-0.25, -0.2) is 9.98 Å². The van der Waals surface area contributed by atoms with Gasteiger partial charge in [0.1, 0.15) is 6.61 Å². The van der Waals surface area contributed by atoms with Crippen molar-refractivity contribution in [3.63, 3.8) is 0 Å². The quantitative estimate of drug-likeness (QED) is 0.412. The SMILES string of the molecule is CCNC(=NCc1ccc(OCCOC)nc1)NCC1CC1. The summed E-state index contributed by atoms with van der Waals surface area (Å²) in [5.74, 6) is 2.31. The Morgan fingerprint density at radius 3 is 2.82 bits per heavy atom. The number of rotatable bonds is 9. The average molecular weight is 306 g/mol. The molecule has 0 amide bonds. The number of nitrogens with one attached hydrogen (secondary N) is 2. The minimum atomic E-state index is 0.511. The van der Waals surface area contributed by atoms with Crippen molar-refractivity contribution in [3.05, 3.63) is 23.9 Å². The van der Waals surface area contributed by atoms with Crippen molar-refractivity contribution in [3.8, 4) is 5.88 Å². The van der Waals surface area contributed by atoms with E-state index in [1.807, 2.05) is 12.1 Å². The highest BCUT2D eigenvalue weighted by molar-refractivity contribution is 5.79. The number of hydrogen-bond donors (Lipinski definition) is 2. The molecular weight excluding hydrogens is 280 g/mol. The predicted octanol–water partition coefficient (Wildman–Crippen LogP) is 1.57. The molecular formula is C16H26N4O2. The van der Waals surface area contributed by atoms with Gasteiger partial charge in [-0.2, -0.15) is 0 Å². The van der Waals surface area contributed by atoms with Crippen LogP contribution in [0.25, 0.3) is 0 Å². The normalized spacial score (nSPS) is 14.7. The minimum Gasteiger partial charge on any atom is -0.475 e. The molecule has 22 heavy (non-hydrogen) atoms. The Morgan fingerprint density at radius 1 is 1.32 bits per heavy atom. The molecule has 0 atom stereocenters. The maximum absolute atomic E-state index is 5.44. The first-order chi connectivity index (χ1) is 10.8. The second-order valence-corrected chi connectivity index (χ2v) is 5.37. The van der Waals surface area contributed by atoms with Crippen molar-refractivity contribution in [2.45, 2.75) is 26.3 Å². The van der Waals surface area contributed by atoms with E-state index in [1.54, 1.807) is 13.3 Å². The highest BCUT2D eigenvalue weighted by atomic mass is 16.5. The van der Waals surface area contributed by atoms with Crippen molar-refractivity contribution in [2.24, 2.45) is 10.9 Å². The zero-order chi connectivity index (χ0) is 15.6. The maximum atomic E-state index is 5.44. The Labute approximate surface area is 132 Å². The zero-order valence-electron chi connectivity index (χ0n) is 13.5. The molecule has 2 N–H and O–H groups in total. The van der Waals surface area contributed by atoms with Gasteiger partial charge in [0.2, 0.25) is 5.88 Å². The Balaban J connectivity index is 1.80. The summed E-state index contributed by atoms with van der Waals surface area (Å²) in [7, 11) is 1.65. The van der Waals surface area contributed by atoms with Gasteiger partial charge in [-0.15, -0.1) is 0 Å². The van der Waals surface area contributed by atoms with Crippen LogP contribution in [-0.2, 0) is 11.3 Å². The maximum Gasteiger partial charge on any atom is 0.213 e. The van der Waals surface area contributed by atoms with Crippen LogP contribution in [0.15, 0.2) is 23.3 Å². The van der Waals surface area contributed by atoms with E-state index in [0.717, 1.165) is 30.5 Å². The minimum absolute atomic E-state index is 0.511. The summed E-state index contributed by atoms with van der Waals surface area (Å²) in [6.45, 7) is 5.62. The summed E-state index contributed by atoms with van der Waals surface area (Å²) in [6, 6.07) is 3.86. The number of nitrogens with zero attached hydrogens (tertiary/aromatic N) is 2. The van der Waals surface area contributed by atoms with Crippen LogP contribution in [0.5, 0.6) is 5.88 Å². The summed E-state index contributed by atoms with van der Waals surface area (Å²) in [5, 5.41) is 6.64. The van der Waals surface area contributed by atoms with Crippen molar-refractivity contribution in [2.75, 3.05) is 33.4 Å². The number of ether oxygens (including phenoxy) is 2. The summed E-state index contributed by atoms with van der Waals surface area (Å²) in [6.07, 6.45) is 4.47. The lowest BCUT2D eigenvalue weighted by Crippen LogP contribution is -2.38. The van der Waals surface area contributed by atoms with Crippen LogP contribution in [0.4, 0.5) is 0 Å². The van der Waals surface area contributed by atoms with Gasteiger partial charge < -0.3 is 20.1 Å². The van der Waals surface area contributed by atoms with Gasteiger partial charge in [0.15, 0.2) is 5.96 Å². The lowest BCUT2D eigenvalue weighted by molar-refractivity contribution is 0.143. The third-order valence-corrected chi connectivity index (χ3v) is 3.35. The van der Waals surface area contributed by atoms with Gasteiger partial charge in [-0.1, -0.05) is 6.07 Å². The van der Waals surface area contributed by atoms with E-state index < -0.39 is 0 Å². The lowest BCUT2D eigenvalue weighted by Gasteiger charge is -2.10. The highest BCUT2D eigenvalue weighted by Crippen LogP contribution is 2.27. The predicted molar refractivity (Wildman–Crippen MR) is 87.2 cm³/mol. The molecule has 0 aromatic carbocycles. The fraction of sp³-hybridized carbons (Fsp3) is 0.625. The second kappa shape index (κ2) is 9.25. The van der Waals surface area contributed by atoms with Crippen molar-refractivity contribution >= 4 is 5.96 Å². The van der Waals surface area contributed by atoms with Gasteiger partial charge in [0.05, 0.1) is 13.2 Å². The topological polar surface area (TPSA) is 67.8 Å². The summed E-state index contributed by atoms with van der Waals surface area (Å²) in [5.41, 5.74) is 1.06. The molecule has 0 unspecified atom stereocenters. The third kappa shape index (κ3) is 6.30. The zero-order valence-corrected chi connectivity index (χ0v) is 13.5. The van der Waals surface area contributed by atoms with Crippen LogP contribution in [0.1, 0.15) is 25.3 Å². The number of aromatic nitrogens is 1. The van der Waals surface area contributed by atoms with E-state index in [-0.39, 0.29) is 0 Å². The molecule has 6 nitrogen and oxygen atoms in total. The molecule has 1 saturated carbocycles.